The second kappa shape index (κ2) is 7.85. The fourth-order valence-corrected chi connectivity index (χ4v) is 4.29. The maximum Gasteiger partial charge on any atom is 0.236 e. The molecule has 9 heteroatoms. The summed E-state index contributed by atoms with van der Waals surface area (Å²) in [6.07, 6.45) is 2.57. The van der Waals surface area contributed by atoms with Crippen molar-refractivity contribution in [3.05, 3.63) is 46.8 Å². The third-order valence-corrected chi connectivity index (χ3v) is 6.18. The van der Waals surface area contributed by atoms with Crippen molar-refractivity contribution in [3.8, 4) is 0 Å². The fourth-order valence-electron chi connectivity index (χ4n) is 2.62. The number of hydrogen-bond acceptors (Lipinski definition) is 6. The van der Waals surface area contributed by atoms with Gasteiger partial charge >= 0.3 is 0 Å². The number of sulfonamides is 1. The van der Waals surface area contributed by atoms with E-state index < -0.39 is 10.0 Å². The smallest absolute Gasteiger partial charge is 0.236 e. The Balaban J connectivity index is 1.56. The van der Waals surface area contributed by atoms with Gasteiger partial charge in [-0.2, -0.15) is 4.31 Å². The first kappa shape index (κ1) is 17.7. The molecule has 1 aliphatic heterocycles. The van der Waals surface area contributed by atoms with Crippen LogP contribution in [0.2, 0.25) is 0 Å². The second-order valence-corrected chi connectivity index (χ2v) is 8.32. The van der Waals surface area contributed by atoms with Crippen LogP contribution < -0.4 is 5.32 Å². The largest absolute Gasteiger partial charge is 0.300 e. The van der Waals surface area contributed by atoms with Gasteiger partial charge in [0, 0.05) is 24.4 Å². The number of nitrogens with zero attached hydrogens (tertiary/aromatic N) is 3. The average molecular weight is 378 g/mol. The number of anilines is 1. The number of hydrogen-bond donors (Lipinski definition) is 1. The third-order valence-electron chi connectivity index (χ3n) is 4.01. The van der Waals surface area contributed by atoms with Crippen LogP contribution in [-0.4, -0.2) is 41.9 Å². The summed E-state index contributed by atoms with van der Waals surface area (Å²) in [6.45, 7) is 0.658. The molecule has 0 unspecified atom stereocenters. The molecule has 1 saturated heterocycles. The quantitative estimate of drug-likeness (QED) is 0.861. The van der Waals surface area contributed by atoms with Crippen LogP contribution in [0.4, 0.5) is 5.13 Å². The SMILES string of the molecule is O=C(Nc1nncs1)C1CCN(S(=O)(=O)/C=C/c2ccccc2)CC1. The van der Waals surface area contributed by atoms with Crippen molar-refractivity contribution >= 4 is 38.5 Å². The summed E-state index contributed by atoms with van der Waals surface area (Å²) in [6, 6.07) is 9.28. The minimum atomic E-state index is -3.48. The fraction of sp³-hybridized carbons (Fsp3) is 0.312. The van der Waals surface area contributed by atoms with Crippen LogP contribution in [0.15, 0.2) is 41.3 Å². The summed E-state index contributed by atoms with van der Waals surface area (Å²) < 4.78 is 26.2. The van der Waals surface area contributed by atoms with Gasteiger partial charge in [-0.3, -0.25) is 4.79 Å². The van der Waals surface area contributed by atoms with E-state index in [1.807, 2.05) is 30.3 Å². The van der Waals surface area contributed by atoms with Crippen molar-refractivity contribution in [3.63, 3.8) is 0 Å². The number of carbonyl (C=O) groups is 1. The molecule has 25 heavy (non-hydrogen) atoms. The van der Waals surface area contributed by atoms with Gasteiger partial charge < -0.3 is 5.32 Å². The maximum absolute atomic E-state index is 12.4. The van der Waals surface area contributed by atoms with E-state index in [0.717, 1.165) is 5.56 Å². The summed E-state index contributed by atoms with van der Waals surface area (Å²) in [4.78, 5) is 12.2. The van der Waals surface area contributed by atoms with Crippen molar-refractivity contribution in [2.75, 3.05) is 18.4 Å². The van der Waals surface area contributed by atoms with Crippen molar-refractivity contribution in [2.45, 2.75) is 12.8 Å². The van der Waals surface area contributed by atoms with Gasteiger partial charge in [0.2, 0.25) is 21.1 Å². The van der Waals surface area contributed by atoms with Crippen LogP contribution >= 0.6 is 11.3 Å². The summed E-state index contributed by atoms with van der Waals surface area (Å²) in [7, 11) is -3.48. The van der Waals surface area contributed by atoms with E-state index in [-0.39, 0.29) is 11.8 Å². The molecule has 1 aromatic carbocycles. The van der Waals surface area contributed by atoms with Gasteiger partial charge in [0.15, 0.2) is 0 Å². The molecule has 0 aliphatic carbocycles. The number of carbonyl (C=O) groups excluding carboxylic acids is 1. The Hall–Kier alpha value is -2.10. The van der Waals surface area contributed by atoms with E-state index in [2.05, 4.69) is 15.5 Å². The Kier molecular flexibility index (Phi) is 5.57. The Morgan fingerprint density at radius 2 is 1.96 bits per heavy atom. The summed E-state index contributed by atoms with van der Waals surface area (Å²) in [5.41, 5.74) is 2.38. The van der Waals surface area contributed by atoms with Crippen molar-refractivity contribution in [1.82, 2.24) is 14.5 Å². The molecule has 3 rings (SSSR count). The number of rotatable bonds is 5. The van der Waals surface area contributed by atoms with E-state index in [0.29, 0.717) is 31.1 Å². The zero-order valence-electron chi connectivity index (χ0n) is 13.4. The van der Waals surface area contributed by atoms with E-state index in [1.165, 1.54) is 21.1 Å². The molecule has 0 saturated carbocycles. The van der Waals surface area contributed by atoms with Gasteiger partial charge in [0.25, 0.3) is 0 Å². The van der Waals surface area contributed by atoms with Gasteiger partial charge in [0.05, 0.1) is 0 Å². The molecule has 1 N–H and O–H groups in total. The number of benzene rings is 1. The zero-order valence-corrected chi connectivity index (χ0v) is 15.0. The van der Waals surface area contributed by atoms with E-state index in [1.54, 1.807) is 11.6 Å². The minimum absolute atomic E-state index is 0.131. The van der Waals surface area contributed by atoms with E-state index in [4.69, 9.17) is 0 Å². The lowest BCUT2D eigenvalue weighted by Gasteiger charge is -2.29. The maximum atomic E-state index is 12.4. The predicted octanol–water partition coefficient (Wildman–Crippen LogP) is 2.19. The highest BCUT2D eigenvalue weighted by Gasteiger charge is 2.30. The van der Waals surface area contributed by atoms with Crippen molar-refractivity contribution in [2.24, 2.45) is 5.92 Å². The molecule has 1 aliphatic rings. The molecule has 7 nitrogen and oxygen atoms in total. The Bertz CT molecular complexity index is 828. The molecule has 132 valence electrons. The monoisotopic (exact) mass is 378 g/mol. The molecule has 0 radical (unpaired) electrons. The first-order valence-electron chi connectivity index (χ1n) is 7.85. The molecule has 0 atom stereocenters. The molecule has 0 bridgehead atoms. The lowest BCUT2D eigenvalue weighted by Crippen LogP contribution is -2.40. The third kappa shape index (κ3) is 4.71. The first-order valence-corrected chi connectivity index (χ1v) is 10.2. The minimum Gasteiger partial charge on any atom is -0.300 e. The van der Waals surface area contributed by atoms with Crippen LogP contribution in [0.1, 0.15) is 18.4 Å². The standard InChI is InChI=1S/C16H18N4O3S2/c21-15(18-16-19-17-12-24-16)14-6-9-20(10-7-14)25(22,23)11-8-13-4-2-1-3-5-13/h1-5,8,11-12,14H,6-7,9-10H2,(H,18,19,21)/b11-8+. The summed E-state index contributed by atoms with van der Waals surface area (Å²) in [5.74, 6) is -0.345. The zero-order chi connectivity index (χ0) is 17.7. The summed E-state index contributed by atoms with van der Waals surface area (Å²) >= 11 is 1.25. The first-order chi connectivity index (χ1) is 12.0. The Morgan fingerprint density at radius 3 is 2.60 bits per heavy atom. The van der Waals surface area contributed by atoms with Crippen LogP contribution in [0, 0.1) is 5.92 Å². The molecule has 1 fully saturated rings. The topological polar surface area (TPSA) is 92.3 Å². The van der Waals surface area contributed by atoms with Crippen molar-refractivity contribution < 1.29 is 13.2 Å². The van der Waals surface area contributed by atoms with Crippen LogP contribution in [0.3, 0.4) is 0 Å². The van der Waals surface area contributed by atoms with Gasteiger partial charge in [-0.1, -0.05) is 41.7 Å². The molecular weight excluding hydrogens is 360 g/mol. The highest BCUT2D eigenvalue weighted by atomic mass is 32.2. The number of piperidine rings is 1. The van der Waals surface area contributed by atoms with Crippen molar-refractivity contribution in [1.29, 1.82) is 0 Å². The Morgan fingerprint density at radius 1 is 1.24 bits per heavy atom. The molecule has 1 aromatic heterocycles. The molecule has 0 spiro atoms. The molecular formula is C16H18N4O3S2. The van der Waals surface area contributed by atoms with Crippen LogP contribution in [-0.2, 0) is 14.8 Å². The number of aromatic nitrogens is 2. The van der Waals surface area contributed by atoms with Gasteiger partial charge in [0.1, 0.15) is 5.51 Å². The molecule has 1 amide bonds. The predicted molar refractivity (Wildman–Crippen MR) is 97.2 cm³/mol. The van der Waals surface area contributed by atoms with Crippen LogP contribution in [0.5, 0.6) is 0 Å². The second-order valence-electron chi connectivity index (χ2n) is 5.66. The van der Waals surface area contributed by atoms with Gasteiger partial charge in [-0.25, -0.2) is 8.42 Å². The van der Waals surface area contributed by atoms with E-state index >= 15 is 0 Å². The highest BCUT2D eigenvalue weighted by Crippen LogP contribution is 2.22. The van der Waals surface area contributed by atoms with E-state index in [9.17, 15) is 13.2 Å². The average Bonchev–Trinajstić information content (AvgIpc) is 3.14. The molecule has 2 heterocycles. The van der Waals surface area contributed by atoms with Crippen LogP contribution in [0.25, 0.3) is 6.08 Å². The number of nitrogens with one attached hydrogen (secondary N) is 1. The Labute approximate surface area is 150 Å². The lowest BCUT2D eigenvalue weighted by molar-refractivity contribution is -0.120. The highest BCUT2D eigenvalue weighted by molar-refractivity contribution is 7.92. The molecule has 2 aromatic rings. The lowest BCUT2D eigenvalue weighted by atomic mass is 9.97. The van der Waals surface area contributed by atoms with Gasteiger partial charge in [-0.15, -0.1) is 10.2 Å². The number of amides is 1. The normalized spacial score (nSPS) is 17.0. The summed E-state index contributed by atoms with van der Waals surface area (Å²) in [5, 5.41) is 11.9. The van der Waals surface area contributed by atoms with Gasteiger partial charge in [-0.05, 0) is 24.5 Å².